The van der Waals surface area contributed by atoms with Crippen LogP contribution in [0, 0.1) is 6.92 Å². The second-order valence-electron chi connectivity index (χ2n) is 8.05. The molecule has 7 heteroatoms. The number of fused-ring (bicyclic) bond motifs is 2. The van der Waals surface area contributed by atoms with Crippen molar-refractivity contribution in [2.45, 2.75) is 13.0 Å². The highest BCUT2D eigenvalue weighted by atomic mass is 16.5. The largest absolute Gasteiger partial charge is 0.493 e. The summed E-state index contributed by atoms with van der Waals surface area (Å²) in [5.74, 6) is 0.910. The molecule has 34 heavy (non-hydrogen) atoms. The molecule has 5 rings (SSSR count). The lowest BCUT2D eigenvalue weighted by Crippen LogP contribution is -2.29. The third-order valence-electron chi connectivity index (χ3n) is 6.06. The van der Waals surface area contributed by atoms with Crippen molar-refractivity contribution in [1.29, 1.82) is 0 Å². The molecule has 1 unspecified atom stereocenters. The number of ether oxygens (including phenoxy) is 3. The van der Waals surface area contributed by atoms with E-state index >= 15 is 0 Å². The number of hydrogen-bond acceptors (Lipinski definition) is 6. The fourth-order valence-electron chi connectivity index (χ4n) is 4.52. The van der Waals surface area contributed by atoms with Crippen molar-refractivity contribution in [1.82, 2.24) is 0 Å². The normalized spacial score (nSPS) is 14.9. The molecule has 0 saturated heterocycles. The number of methoxy groups -OCH3 is 3. The molecular weight excluding hydrogens is 434 g/mol. The number of anilines is 1. The number of carbonyl (C=O) groups is 1. The van der Waals surface area contributed by atoms with Crippen molar-refractivity contribution in [3.8, 4) is 17.2 Å². The minimum absolute atomic E-state index is 0.0314. The summed E-state index contributed by atoms with van der Waals surface area (Å²) in [4.78, 5) is 29.0. The van der Waals surface area contributed by atoms with Crippen molar-refractivity contribution >= 4 is 22.6 Å². The first-order valence-corrected chi connectivity index (χ1v) is 10.7. The van der Waals surface area contributed by atoms with Gasteiger partial charge in [0.1, 0.15) is 5.58 Å². The predicted molar refractivity (Wildman–Crippen MR) is 128 cm³/mol. The Morgan fingerprint density at radius 2 is 1.53 bits per heavy atom. The van der Waals surface area contributed by atoms with E-state index in [4.69, 9.17) is 18.6 Å². The van der Waals surface area contributed by atoms with E-state index in [9.17, 15) is 9.59 Å². The van der Waals surface area contributed by atoms with Crippen LogP contribution in [0.3, 0.4) is 0 Å². The van der Waals surface area contributed by atoms with Gasteiger partial charge in [-0.05, 0) is 48.9 Å². The number of benzene rings is 3. The number of para-hydroxylation sites is 1. The van der Waals surface area contributed by atoms with E-state index in [0.717, 1.165) is 5.56 Å². The third-order valence-corrected chi connectivity index (χ3v) is 6.06. The van der Waals surface area contributed by atoms with Crippen LogP contribution in [0.15, 0.2) is 69.9 Å². The first-order chi connectivity index (χ1) is 16.5. The van der Waals surface area contributed by atoms with Gasteiger partial charge in [-0.25, -0.2) is 0 Å². The Labute approximate surface area is 196 Å². The number of nitrogens with zero attached hydrogens (tertiary/aromatic N) is 1. The molecule has 0 N–H and O–H groups in total. The summed E-state index contributed by atoms with van der Waals surface area (Å²) in [6.07, 6.45) is 0. The van der Waals surface area contributed by atoms with Gasteiger partial charge >= 0.3 is 0 Å². The quantitative estimate of drug-likeness (QED) is 0.425. The smallest absolute Gasteiger partial charge is 0.295 e. The van der Waals surface area contributed by atoms with Crippen molar-refractivity contribution in [3.05, 3.63) is 93.3 Å². The predicted octanol–water partition coefficient (Wildman–Crippen LogP) is 4.88. The Hall–Kier alpha value is -4.26. The van der Waals surface area contributed by atoms with Crippen LogP contribution in [-0.4, -0.2) is 27.2 Å². The van der Waals surface area contributed by atoms with Crippen LogP contribution < -0.4 is 24.5 Å². The second-order valence-corrected chi connectivity index (χ2v) is 8.05. The second kappa shape index (κ2) is 8.26. The Bertz CT molecular complexity index is 1450. The summed E-state index contributed by atoms with van der Waals surface area (Å²) in [5.41, 5.74) is 2.60. The van der Waals surface area contributed by atoms with Crippen LogP contribution >= 0.6 is 0 Å². The first-order valence-electron chi connectivity index (χ1n) is 10.7. The molecule has 1 amide bonds. The highest BCUT2D eigenvalue weighted by molar-refractivity contribution is 6.10. The maximum absolute atomic E-state index is 13.8. The van der Waals surface area contributed by atoms with E-state index in [2.05, 4.69) is 0 Å². The van der Waals surface area contributed by atoms with E-state index in [0.29, 0.717) is 39.5 Å². The summed E-state index contributed by atoms with van der Waals surface area (Å²) < 4.78 is 22.6. The van der Waals surface area contributed by atoms with Crippen molar-refractivity contribution in [3.63, 3.8) is 0 Å². The molecule has 0 radical (unpaired) electrons. The first kappa shape index (κ1) is 21.6. The monoisotopic (exact) mass is 457 g/mol. The van der Waals surface area contributed by atoms with Gasteiger partial charge in [0.2, 0.25) is 11.5 Å². The Balaban J connectivity index is 1.84. The number of amides is 1. The lowest BCUT2D eigenvalue weighted by atomic mass is 9.97. The fourth-order valence-corrected chi connectivity index (χ4v) is 4.52. The SMILES string of the molecule is COc1cc(C2c3c(oc4ccc(C)cc4c3=O)C(=O)N2c2ccccc2)cc(OC)c1OC. The molecule has 7 nitrogen and oxygen atoms in total. The van der Waals surface area contributed by atoms with E-state index in [1.807, 2.05) is 43.3 Å². The summed E-state index contributed by atoms with van der Waals surface area (Å²) >= 11 is 0. The number of carbonyl (C=O) groups excluding carboxylic acids is 1. The zero-order valence-electron chi connectivity index (χ0n) is 19.2. The average Bonchev–Trinajstić information content (AvgIpc) is 3.16. The molecule has 0 fully saturated rings. The lowest BCUT2D eigenvalue weighted by molar-refractivity contribution is 0.0971. The molecule has 1 atom stereocenters. The van der Waals surface area contributed by atoms with Crippen LogP contribution in [0.4, 0.5) is 5.69 Å². The average molecular weight is 457 g/mol. The standard InChI is InChI=1S/C27H23NO6/c1-15-10-11-19-18(12-15)24(29)22-23(16-13-20(31-2)25(33-4)21(14-16)32-3)28(27(30)26(22)34-19)17-8-6-5-7-9-17/h5-14,23H,1-4H3. The molecule has 172 valence electrons. The van der Waals surface area contributed by atoms with Gasteiger partial charge in [0.15, 0.2) is 16.9 Å². The van der Waals surface area contributed by atoms with Gasteiger partial charge in [-0.3, -0.25) is 14.5 Å². The van der Waals surface area contributed by atoms with Gasteiger partial charge in [0.05, 0.1) is 38.3 Å². The van der Waals surface area contributed by atoms with Crippen LogP contribution in [0.5, 0.6) is 17.2 Å². The molecule has 0 aliphatic carbocycles. The lowest BCUT2D eigenvalue weighted by Gasteiger charge is -2.26. The van der Waals surface area contributed by atoms with Crippen LogP contribution in [0.25, 0.3) is 11.0 Å². The van der Waals surface area contributed by atoms with E-state index in [-0.39, 0.29) is 22.7 Å². The molecule has 0 saturated carbocycles. The fraction of sp³-hybridized carbons (Fsp3) is 0.185. The summed E-state index contributed by atoms with van der Waals surface area (Å²) in [5, 5.41) is 0.430. The molecule has 0 spiro atoms. The maximum Gasteiger partial charge on any atom is 0.295 e. The van der Waals surface area contributed by atoms with Gasteiger partial charge in [-0.1, -0.05) is 29.8 Å². The van der Waals surface area contributed by atoms with Gasteiger partial charge in [-0.15, -0.1) is 0 Å². The third kappa shape index (κ3) is 3.20. The summed E-state index contributed by atoms with van der Waals surface area (Å²) in [6, 6.07) is 17.3. The van der Waals surface area contributed by atoms with E-state index in [1.165, 1.54) is 21.3 Å². The summed E-state index contributed by atoms with van der Waals surface area (Å²) in [7, 11) is 4.57. The number of hydrogen-bond donors (Lipinski definition) is 0. The zero-order chi connectivity index (χ0) is 24.0. The minimum atomic E-state index is -0.750. The van der Waals surface area contributed by atoms with Gasteiger partial charge in [0.25, 0.3) is 5.91 Å². The molecule has 4 aromatic rings. The van der Waals surface area contributed by atoms with E-state index in [1.54, 1.807) is 29.2 Å². The Kier molecular flexibility index (Phi) is 5.24. The topological polar surface area (TPSA) is 78.2 Å². The highest BCUT2D eigenvalue weighted by Gasteiger charge is 2.44. The zero-order valence-corrected chi connectivity index (χ0v) is 19.2. The molecule has 1 aliphatic rings. The van der Waals surface area contributed by atoms with Crippen LogP contribution in [0.1, 0.15) is 33.3 Å². The van der Waals surface area contributed by atoms with Crippen molar-refractivity contribution in [2.24, 2.45) is 0 Å². The minimum Gasteiger partial charge on any atom is -0.493 e. The van der Waals surface area contributed by atoms with Gasteiger partial charge < -0.3 is 18.6 Å². The Morgan fingerprint density at radius 1 is 0.853 bits per heavy atom. The molecule has 3 aromatic carbocycles. The van der Waals surface area contributed by atoms with Crippen molar-refractivity contribution < 1.29 is 23.4 Å². The van der Waals surface area contributed by atoms with Gasteiger partial charge in [0, 0.05) is 5.69 Å². The number of aryl methyl sites for hydroxylation is 1. The van der Waals surface area contributed by atoms with Crippen LogP contribution in [-0.2, 0) is 0 Å². The molecule has 0 bridgehead atoms. The molecule has 1 aliphatic heterocycles. The van der Waals surface area contributed by atoms with Crippen molar-refractivity contribution in [2.75, 3.05) is 26.2 Å². The summed E-state index contributed by atoms with van der Waals surface area (Å²) in [6.45, 7) is 1.91. The number of rotatable bonds is 5. The highest BCUT2D eigenvalue weighted by Crippen LogP contribution is 2.46. The van der Waals surface area contributed by atoms with Gasteiger partial charge in [-0.2, -0.15) is 0 Å². The van der Waals surface area contributed by atoms with Crippen LogP contribution in [0.2, 0.25) is 0 Å². The maximum atomic E-state index is 13.8. The molecular formula is C27H23NO6. The molecule has 1 aromatic heterocycles. The van der Waals surface area contributed by atoms with E-state index < -0.39 is 6.04 Å². The Morgan fingerprint density at radius 3 is 2.15 bits per heavy atom. The molecule has 2 heterocycles.